The minimum Gasteiger partial charge on any atom is -0.424 e. The lowest BCUT2D eigenvalue weighted by molar-refractivity contribution is -0.166. The zero-order chi connectivity index (χ0) is 22.9. The molecule has 9 heteroatoms. The Kier molecular flexibility index (Phi) is 9.78. The first-order chi connectivity index (χ1) is 14.1. The van der Waals surface area contributed by atoms with Crippen molar-refractivity contribution in [1.29, 1.82) is 0 Å². The van der Waals surface area contributed by atoms with Crippen molar-refractivity contribution in [3.05, 3.63) is 35.4 Å². The molecule has 0 aromatic carbocycles. The Balaban J connectivity index is 2.99. The van der Waals surface area contributed by atoms with Crippen LogP contribution in [0.3, 0.4) is 0 Å². The van der Waals surface area contributed by atoms with Gasteiger partial charge in [0, 0.05) is 32.3 Å². The van der Waals surface area contributed by atoms with Crippen LogP contribution in [0.15, 0.2) is 35.4 Å². The summed E-state index contributed by atoms with van der Waals surface area (Å²) in [7, 11) is 1.43. The molecule has 1 rings (SSSR count). The average molecular weight is 441 g/mol. The summed E-state index contributed by atoms with van der Waals surface area (Å²) in [6.45, 7) is 8.09. The van der Waals surface area contributed by atoms with E-state index in [1.807, 2.05) is 6.92 Å². The van der Waals surface area contributed by atoms with Crippen LogP contribution in [0.4, 0.5) is 4.79 Å². The van der Waals surface area contributed by atoms with E-state index < -0.39 is 29.8 Å². The van der Waals surface area contributed by atoms with Crippen LogP contribution >= 0.6 is 11.6 Å². The van der Waals surface area contributed by atoms with Crippen LogP contribution in [0.1, 0.15) is 46.5 Å². The Labute approximate surface area is 181 Å². The number of carbonyl (C=O) groups is 4. The quantitative estimate of drug-likeness (QED) is 0.353. The van der Waals surface area contributed by atoms with Crippen LogP contribution in [-0.2, 0) is 23.9 Å². The topological polar surface area (TPSA) is 102 Å². The Bertz CT molecular complexity index is 761. The van der Waals surface area contributed by atoms with Crippen molar-refractivity contribution in [1.82, 2.24) is 10.2 Å². The van der Waals surface area contributed by atoms with Gasteiger partial charge in [0.15, 0.2) is 5.78 Å². The number of Topliss-reactive ketones (excluding diaryl/α,β-unsaturated/α-hetero) is 1. The molecule has 0 aromatic rings. The lowest BCUT2D eigenvalue weighted by Gasteiger charge is -2.43. The van der Waals surface area contributed by atoms with Crippen LogP contribution in [0.25, 0.3) is 0 Å². The molecule has 1 aliphatic rings. The molecular weight excluding hydrogens is 412 g/mol. The van der Waals surface area contributed by atoms with Crippen molar-refractivity contribution in [3.63, 3.8) is 0 Å². The molecule has 166 valence electrons. The molecule has 0 saturated heterocycles. The standard InChI is InChI=1S/C21H29ClN2O6/c1-6-7-10-17(22)14(2)21(12-9-8-11-18(21)26)24(5)20(28)30-16(4)29-19(27)13-23-15(3)25/h6-7,10,16H,2,8-9,11-13H2,1,3-5H3,(H,23,25)/b7-6-,17-10+/t16?,21-/m1/s1. The number of ether oxygens (including phenoxy) is 2. The minimum absolute atomic E-state index is 0.180. The van der Waals surface area contributed by atoms with E-state index in [-0.39, 0.29) is 23.8 Å². The second-order valence-corrected chi connectivity index (χ2v) is 7.33. The highest BCUT2D eigenvalue weighted by molar-refractivity contribution is 6.32. The Morgan fingerprint density at radius 3 is 2.57 bits per heavy atom. The van der Waals surface area contributed by atoms with Crippen molar-refractivity contribution in [2.45, 2.75) is 58.3 Å². The molecule has 8 nitrogen and oxygen atoms in total. The van der Waals surface area contributed by atoms with Gasteiger partial charge in [0.05, 0.1) is 0 Å². The van der Waals surface area contributed by atoms with Crippen molar-refractivity contribution in [2.75, 3.05) is 13.6 Å². The van der Waals surface area contributed by atoms with Gasteiger partial charge in [-0.2, -0.15) is 0 Å². The number of esters is 1. The number of allylic oxidation sites excluding steroid dienone is 3. The Morgan fingerprint density at radius 2 is 2.00 bits per heavy atom. The number of ketones is 1. The highest BCUT2D eigenvalue weighted by Crippen LogP contribution is 2.40. The molecule has 1 saturated carbocycles. The lowest BCUT2D eigenvalue weighted by atomic mass is 9.74. The van der Waals surface area contributed by atoms with Crippen LogP contribution in [-0.4, -0.2) is 54.1 Å². The summed E-state index contributed by atoms with van der Waals surface area (Å²) >= 11 is 6.36. The number of rotatable bonds is 8. The third-order valence-electron chi connectivity index (χ3n) is 4.77. The van der Waals surface area contributed by atoms with Crippen molar-refractivity contribution in [2.24, 2.45) is 0 Å². The van der Waals surface area contributed by atoms with E-state index in [2.05, 4.69) is 11.9 Å². The van der Waals surface area contributed by atoms with Gasteiger partial charge < -0.3 is 14.8 Å². The molecule has 0 heterocycles. The van der Waals surface area contributed by atoms with E-state index in [0.717, 1.165) is 0 Å². The molecule has 1 fully saturated rings. The molecule has 0 aromatic heterocycles. The molecule has 2 atom stereocenters. The SMILES string of the molecule is C=C(/C(Cl)=C\C=C/C)[C@]1(N(C)C(=O)OC(C)OC(=O)CNC(C)=O)CCCCC1=O. The number of carbonyl (C=O) groups excluding carboxylic acids is 4. The number of hydrogen-bond donors (Lipinski definition) is 1. The van der Waals surface area contributed by atoms with Crippen molar-refractivity contribution >= 4 is 35.4 Å². The van der Waals surface area contributed by atoms with Crippen molar-refractivity contribution < 1.29 is 28.7 Å². The number of nitrogens with zero attached hydrogens (tertiary/aromatic N) is 1. The predicted octanol–water partition coefficient (Wildman–Crippen LogP) is 3.22. The summed E-state index contributed by atoms with van der Waals surface area (Å²) in [6.07, 6.45) is 5.07. The summed E-state index contributed by atoms with van der Waals surface area (Å²) in [5, 5.41) is 2.55. The minimum atomic E-state index is -1.34. The fraction of sp³-hybridized carbons (Fsp3) is 0.524. The van der Waals surface area contributed by atoms with E-state index in [1.165, 1.54) is 25.8 Å². The molecule has 0 radical (unpaired) electrons. The number of amides is 2. The van der Waals surface area contributed by atoms with E-state index in [9.17, 15) is 19.2 Å². The Hall–Kier alpha value is -2.61. The second kappa shape index (κ2) is 11.5. The maximum absolute atomic E-state index is 13.0. The van der Waals surface area contributed by atoms with E-state index in [4.69, 9.17) is 21.1 Å². The monoisotopic (exact) mass is 440 g/mol. The van der Waals surface area contributed by atoms with E-state index in [0.29, 0.717) is 24.8 Å². The molecule has 2 amide bonds. The van der Waals surface area contributed by atoms with Crippen LogP contribution in [0.5, 0.6) is 0 Å². The zero-order valence-corrected chi connectivity index (χ0v) is 18.6. The fourth-order valence-corrected chi connectivity index (χ4v) is 3.42. The molecule has 1 N–H and O–H groups in total. The summed E-state index contributed by atoms with van der Waals surface area (Å²) in [5.74, 6) is -1.34. The highest BCUT2D eigenvalue weighted by Gasteiger charge is 2.49. The first-order valence-corrected chi connectivity index (χ1v) is 10.0. The van der Waals surface area contributed by atoms with Crippen LogP contribution < -0.4 is 5.32 Å². The third kappa shape index (κ3) is 6.45. The first kappa shape index (κ1) is 25.4. The molecular formula is C21H29ClN2O6. The molecule has 0 bridgehead atoms. The van der Waals surface area contributed by atoms with Gasteiger partial charge in [-0.05, 0) is 37.8 Å². The van der Waals surface area contributed by atoms with Gasteiger partial charge in [-0.25, -0.2) is 4.79 Å². The second-order valence-electron chi connectivity index (χ2n) is 6.92. The maximum Gasteiger partial charge on any atom is 0.413 e. The molecule has 30 heavy (non-hydrogen) atoms. The number of hydrogen-bond acceptors (Lipinski definition) is 6. The van der Waals surface area contributed by atoms with Gasteiger partial charge in [-0.15, -0.1) is 0 Å². The summed E-state index contributed by atoms with van der Waals surface area (Å²) in [4.78, 5) is 49.4. The van der Waals surface area contributed by atoms with Gasteiger partial charge in [-0.1, -0.05) is 30.3 Å². The summed E-state index contributed by atoms with van der Waals surface area (Å²) in [6, 6.07) is 0. The van der Waals surface area contributed by atoms with Gasteiger partial charge in [0.25, 0.3) is 0 Å². The number of nitrogens with one attached hydrogen (secondary N) is 1. The van der Waals surface area contributed by atoms with E-state index in [1.54, 1.807) is 18.2 Å². The average Bonchev–Trinajstić information content (AvgIpc) is 2.69. The summed E-state index contributed by atoms with van der Waals surface area (Å²) in [5.41, 5.74) is -1.04. The van der Waals surface area contributed by atoms with Crippen molar-refractivity contribution in [3.8, 4) is 0 Å². The lowest BCUT2D eigenvalue weighted by Crippen LogP contribution is -2.58. The van der Waals surface area contributed by atoms with Gasteiger partial charge >= 0.3 is 12.1 Å². The Morgan fingerprint density at radius 1 is 1.33 bits per heavy atom. The maximum atomic E-state index is 13.0. The summed E-state index contributed by atoms with van der Waals surface area (Å²) < 4.78 is 10.1. The number of halogens is 1. The van der Waals surface area contributed by atoms with Crippen LogP contribution in [0, 0.1) is 0 Å². The van der Waals surface area contributed by atoms with Gasteiger partial charge in [0.1, 0.15) is 12.1 Å². The predicted molar refractivity (Wildman–Crippen MR) is 113 cm³/mol. The molecule has 0 spiro atoms. The molecule has 1 unspecified atom stereocenters. The zero-order valence-electron chi connectivity index (χ0n) is 17.8. The number of likely N-dealkylation sites (N-methyl/N-ethyl adjacent to an activating group) is 1. The van der Waals surface area contributed by atoms with Crippen LogP contribution in [0.2, 0.25) is 0 Å². The highest BCUT2D eigenvalue weighted by atomic mass is 35.5. The van der Waals surface area contributed by atoms with Gasteiger partial charge in [-0.3, -0.25) is 19.3 Å². The normalized spacial score (nSPS) is 20.4. The fourth-order valence-electron chi connectivity index (χ4n) is 3.19. The van der Waals surface area contributed by atoms with E-state index >= 15 is 0 Å². The molecule has 1 aliphatic carbocycles. The molecule has 0 aliphatic heterocycles. The third-order valence-corrected chi connectivity index (χ3v) is 5.12. The smallest absolute Gasteiger partial charge is 0.413 e. The van der Waals surface area contributed by atoms with Gasteiger partial charge in [0.2, 0.25) is 12.2 Å². The first-order valence-electron chi connectivity index (χ1n) is 9.66. The largest absolute Gasteiger partial charge is 0.424 e.